The average molecular weight is 307 g/mol. The highest BCUT2D eigenvalue weighted by Crippen LogP contribution is 2.52. The molecular weight excluding hydrogens is 278 g/mol. The van der Waals surface area contributed by atoms with Crippen molar-refractivity contribution in [3.63, 3.8) is 0 Å². The number of hydrogen-bond acceptors (Lipinski definition) is 2. The molecule has 0 aromatic heterocycles. The van der Waals surface area contributed by atoms with E-state index in [4.69, 9.17) is 0 Å². The van der Waals surface area contributed by atoms with Gasteiger partial charge in [-0.2, -0.15) is 0 Å². The quantitative estimate of drug-likeness (QED) is 0.842. The lowest BCUT2D eigenvalue weighted by Gasteiger charge is -2.40. The minimum atomic E-state index is -0.773. The lowest BCUT2D eigenvalue weighted by atomic mass is 9.70. The van der Waals surface area contributed by atoms with Crippen LogP contribution in [0.3, 0.4) is 0 Å². The molecule has 3 saturated carbocycles. The van der Waals surface area contributed by atoms with Crippen molar-refractivity contribution in [3.8, 4) is 0 Å². The summed E-state index contributed by atoms with van der Waals surface area (Å²) in [5, 5.41) is 12.7. The SMILES string of the molecule is C[C@@H]1C[C@H](NC(=O)[C@@H]2[C@H]3CC[C@@H](C3)[C@H]2C(=O)O)CC(C)(C)C1. The fourth-order valence-electron chi connectivity index (χ4n) is 5.78. The standard InChI is InChI=1S/C18H29NO3/c1-10-6-13(9-18(2,3)8-10)19-16(20)14-11-4-5-12(7-11)15(14)17(21)22/h10-15H,4-9H2,1-3H3,(H,19,20)(H,21,22)/t10-,11+,12+,13+,14-,15-/m1/s1. The Morgan fingerprint density at radius 2 is 1.68 bits per heavy atom. The number of carbonyl (C=O) groups excluding carboxylic acids is 1. The Morgan fingerprint density at radius 1 is 1.05 bits per heavy atom. The minimum Gasteiger partial charge on any atom is -0.481 e. The maximum absolute atomic E-state index is 12.8. The van der Waals surface area contributed by atoms with E-state index in [0.717, 1.165) is 32.1 Å². The molecular formula is C18H29NO3. The molecule has 1 amide bonds. The fraction of sp³-hybridized carbons (Fsp3) is 0.889. The molecule has 0 aromatic rings. The number of carboxylic acid groups (broad SMARTS) is 1. The highest BCUT2D eigenvalue weighted by molar-refractivity contribution is 5.86. The van der Waals surface area contributed by atoms with Crippen LogP contribution in [0, 0.1) is 35.0 Å². The second kappa shape index (κ2) is 5.54. The second-order valence-corrected chi connectivity index (χ2v) is 8.84. The van der Waals surface area contributed by atoms with Gasteiger partial charge >= 0.3 is 5.97 Å². The first kappa shape index (κ1) is 15.8. The molecule has 0 aliphatic heterocycles. The molecule has 3 fully saturated rings. The Labute approximate surface area is 133 Å². The summed E-state index contributed by atoms with van der Waals surface area (Å²) >= 11 is 0. The van der Waals surface area contributed by atoms with E-state index in [9.17, 15) is 14.7 Å². The number of carboxylic acids is 1. The number of carbonyl (C=O) groups is 2. The van der Waals surface area contributed by atoms with E-state index in [1.165, 1.54) is 6.42 Å². The zero-order valence-corrected chi connectivity index (χ0v) is 14.0. The lowest BCUT2D eigenvalue weighted by molar-refractivity contribution is -0.149. The Hall–Kier alpha value is -1.06. The van der Waals surface area contributed by atoms with Gasteiger partial charge in [-0.1, -0.05) is 20.8 Å². The zero-order chi connectivity index (χ0) is 16.1. The van der Waals surface area contributed by atoms with Gasteiger partial charge in [0.05, 0.1) is 11.8 Å². The van der Waals surface area contributed by atoms with Crippen LogP contribution in [0.1, 0.15) is 59.3 Å². The van der Waals surface area contributed by atoms with Crippen molar-refractivity contribution in [3.05, 3.63) is 0 Å². The van der Waals surface area contributed by atoms with Crippen molar-refractivity contribution < 1.29 is 14.7 Å². The summed E-state index contributed by atoms with van der Waals surface area (Å²) in [6, 6.07) is 0.208. The Balaban J connectivity index is 1.68. The highest BCUT2D eigenvalue weighted by atomic mass is 16.4. The van der Waals surface area contributed by atoms with E-state index >= 15 is 0 Å². The lowest BCUT2D eigenvalue weighted by Crippen LogP contribution is -2.48. The largest absolute Gasteiger partial charge is 0.481 e. The Bertz CT molecular complexity index is 473. The second-order valence-electron chi connectivity index (χ2n) is 8.84. The number of rotatable bonds is 3. The first-order chi connectivity index (χ1) is 10.3. The van der Waals surface area contributed by atoms with Crippen LogP contribution in [0.4, 0.5) is 0 Å². The summed E-state index contributed by atoms with van der Waals surface area (Å²) in [7, 11) is 0. The van der Waals surface area contributed by atoms with Gasteiger partial charge in [0.1, 0.15) is 0 Å². The van der Waals surface area contributed by atoms with Gasteiger partial charge in [0.25, 0.3) is 0 Å². The molecule has 3 aliphatic rings. The normalized spacial score (nSPS) is 43.0. The molecule has 4 heteroatoms. The first-order valence-corrected chi connectivity index (χ1v) is 8.80. The van der Waals surface area contributed by atoms with Crippen molar-refractivity contribution in [2.24, 2.45) is 35.0 Å². The molecule has 0 unspecified atom stereocenters. The summed E-state index contributed by atoms with van der Waals surface area (Å²) in [5.41, 5.74) is 0.260. The summed E-state index contributed by atoms with van der Waals surface area (Å²) < 4.78 is 0. The summed E-state index contributed by atoms with van der Waals surface area (Å²) in [6.07, 6.45) is 6.17. The molecule has 22 heavy (non-hydrogen) atoms. The van der Waals surface area contributed by atoms with Gasteiger partial charge in [0.15, 0.2) is 0 Å². The van der Waals surface area contributed by atoms with Gasteiger partial charge in [-0.15, -0.1) is 0 Å². The van der Waals surface area contributed by atoms with Crippen LogP contribution < -0.4 is 5.32 Å². The molecule has 3 aliphatic carbocycles. The molecule has 0 aromatic carbocycles. The topological polar surface area (TPSA) is 66.4 Å². The summed E-state index contributed by atoms with van der Waals surface area (Å²) in [5.74, 6) is -0.381. The smallest absolute Gasteiger partial charge is 0.307 e. The number of aliphatic carboxylic acids is 1. The summed E-state index contributed by atoms with van der Waals surface area (Å²) in [4.78, 5) is 24.3. The van der Waals surface area contributed by atoms with E-state index in [1.807, 2.05) is 0 Å². The van der Waals surface area contributed by atoms with Gasteiger partial charge in [-0.25, -0.2) is 0 Å². The number of fused-ring (bicyclic) bond motifs is 2. The van der Waals surface area contributed by atoms with Crippen molar-refractivity contribution in [1.29, 1.82) is 0 Å². The molecule has 0 radical (unpaired) electrons. The third kappa shape index (κ3) is 2.89. The average Bonchev–Trinajstić information content (AvgIpc) is 2.95. The van der Waals surface area contributed by atoms with E-state index in [2.05, 4.69) is 26.1 Å². The van der Waals surface area contributed by atoms with Crippen molar-refractivity contribution in [2.45, 2.75) is 65.3 Å². The predicted octanol–water partition coefficient (Wildman–Crippen LogP) is 3.06. The number of hydrogen-bond donors (Lipinski definition) is 2. The zero-order valence-electron chi connectivity index (χ0n) is 14.0. The molecule has 124 valence electrons. The first-order valence-electron chi connectivity index (χ1n) is 8.80. The van der Waals surface area contributed by atoms with Crippen LogP contribution in [0.25, 0.3) is 0 Å². The molecule has 0 saturated heterocycles. The third-order valence-electron chi connectivity index (χ3n) is 6.24. The number of nitrogens with one attached hydrogen (secondary N) is 1. The minimum absolute atomic E-state index is 0.00880. The summed E-state index contributed by atoms with van der Waals surface area (Å²) in [6.45, 7) is 6.77. The van der Waals surface area contributed by atoms with Gasteiger partial charge < -0.3 is 10.4 Å². The highest BCUT2D eigenvalue weighted by Gasteiger charge is 2.54. The van der Waals surface area contributed by atoms with E-state index < -0.39 is 11.9 Å². The van der Waals surface area contributed by atoms with Crippen LogP contribution in [0.2, 0.25) is 0 Å². The van der Waals surface area contributed by atoms with Crippen molar-refractivity contribution in [2.75, 3.05) is 0 Å². The molecule has 0 heterocycles. The molecule has 6 atom stereocenters. The van der Waals surface area contributed by atoms with E-state index in [-0.39, 0.29) is 29.2 Å². The number of amides is 1. The predicted molar refractivity (Wildman–Crippen MR) is 84.2 cm³/mol. The van der Waals surface area contributed by atoms with Gasteiger partial charge in [-0.05, 0) is 61.7 Å². The molecule has 2 N–H and O–H groups in total. The van der Waals surface area contributed by atoms with Crippen molar-refractivity contribution >= 4 is 11.9 Å². The molecule has 3 rings (SSSR count). The van der Waals surface area contributed by atoms with Gasteiger partial charge in [0.2, 0.25) is 5.91 Å². The van der Waals surface area contributed by atoms with Crippen LogP contribution in [-0.2, 0) is 9.59 Å². The Kier molecular flexibility index (Phi) is 3.98. The molecule has 2 bridgehead atoms. The third-order valence-corrected chi connectivity index (χ3v) is 6.24. The molecule has 4 nitrogen and oxygen atoms in total. The van der Waals surface area contributed by atoms with Gasteiger partial charge in [0, 0.05) is 6.04 Å². The Morgan fingerprint density at radius 3 is 2.27 bits per heavy atom. The van der Waals surface area contributed by atoms with Crippen LogP contribution >= 0.6 is 0 Å². The maximum Gasteiger partial charge on any atom is 0.307 e. The maximum atomic E-state index is 12.8. The monoisotopic (exact) mass is 307 g/mol. The van der Waals surface area contributed by atoms with Crippen LogP contribution in [-0.4, -0.2) is 23.0 Å². The van der Waals surface area contributed by atoms with Crippen molar-refractivity contribution in [1.82, 2.24) is 5.32 Å². The molecule has 0 spiro atoms. The fourth-order valence-corrected chi connectivity index (χ4v) is 5.78. The van der Waals surface area contributed by atoms with E-state index in [0.29, 0.717) is 11.8 Å². The van der Waals surface area contributed by atoms with Gasteiger partial charge in [-0.3, -0.25) is 9.59 Å². The van der Waals surface area contributed by atoms with E-state index in [1.54, 1.807) is 0 Å². The van der Waals surface area contributed by atoms with Crippen LogP contribution in [0.15, 0.2) is 0 Å². The van der Waals surface area contributed by atoms with Crippen LogP contribution in [0.5, 0.6) is 0 Å².